The molecule has 2 rings (SSSR count). The Hall–Kier alpha value is -1.68. The van der Waals surface area contributed by atoms with E-state index in [9.17, 15) is 0 Å². The highest BCUT2D eigenvalue weighted by Gasteiger charge is 2.11. The first-order valence-electron chi connectivity index (χ1n) is 6.18. The highest BCUT2D eigenvalue weighted by Crippen LogP contribution is 2.16. The van der Waals surface area contributed by atoms with E-state index in [0.717, 1.165) is 6.54 Å². The molecule has 1 aromatic carbocycles. The standard InChI is InChI=1S/C14H19N3O/c1-11(13-7-5-4-6-8-13)9-17(3)10-14-15-12(2)16-18-14/h4-8,11H,9-10H2,1-3H3. The van der Waals surface area contributed by atoms with Crippen LogP contribution in [0.15, 0.2) is 34.9 Å². The molecule has 0 N–H and O–H groups in total. The monoisotopic (exact) mass is 245 g/mol. The highest BCUT2D eigenvalue weighted by molar-refractivity contribution is 5.18. The first kappa shape index (κ1) is 12.8. The third kappa shape index (κ3) is 3.40. The van der Waals surface area contributed by atoms with E-state index in [1.165, 1.54) is 5.56 Å². The first-order valence-corrected chi connectivity index (χ1v) is 6.18. The van der Waals surface area contributed by atoms with Crippen molar-refractivity contribution in [2.75, 3.05) is 13.6 Å². The number of rotatable bonds is 5. The number of aromatic nitrogens is 2. The van der Waals surface area contributed by atoms with Crippen molar-refractivity contribution in [2.24, 2.45) is 0 Å². The van der Waals surface area contributed by atoms with Crippen LogP contribution in [0, 0.1) is 6.92 Å². The summed E-state index contributed by atoms with van der Waals surface area (Å²) in [5.74, 6) is 1.85. The highest BCUT2D eigenvalue weighted by atomic mass is 16.5. The molecule has 0 aliphatic heterocycles. The smallest absolute Gasteiger partial charge is 0.240 e. The van der Waals surface area contributed by atoms with Crippen molar-refractivity contribution < 1.29 is 4.52 Å². The maximum Gasteiger partial charge on any atom is 0.240 e. The summed E-state index contributed by atoms with van der Waals surface area (Å²) in [5, 5.41) is 3.79. The molecule has 1 atom stereocenters. The van der Waals surface area contributed by atoms with Gasteiger partial charge >= 0.3 is 0 Å². The molecule has 0 spiro atoms. The van der Waals surface area contributed by atoms with Crippen LogP contribution >= 0.6 is 0 Å². The summed E-state index contributed by atoms with van der Waals surface area (Å²) in [5.41, 5.74) is 1.35. The lowest BCUT2D eigenvalue weighted by atomic mass is 10.0. The van der Waals surface area contributed by atoms with Crippen molar-refractivity contribution in [1.82, 2.24) is 15.0 Å². The first-order chi connectivity index (χ1) is 8.65. The maximum absolute atomic E-state index is 5.12. The van der Waals surface area contributed by atoms with Crippen LogP contribution in [0.25, 0.3) is 0 Å². The Morgan fingerprint density at radius 3 is 2.61 bits per heavy atom. The number of likely N-dealkylation sites (N-methyl/N-ethyl adjacent to an activating group) is 1. The second-order valence-electron chi connectivity index (χ2n) is 4.74. The zero-order valence-electron chi connectivity index (χ0n) is 11.1. The Morgan fingerprint density at radius 2 is 2.00 bits per heavy atom. The fourth-order valence-corrected chi connectivity index (χ4v) is 2.05. The van der Waals surface area contributed by atoms with E-state index < -0.39 is 0 Å². The summed E-state index contributed by atoms with van der Waals surface area (Å²) < 4.78 is 5.12. The molecule has 4 heteroatoms. The SMILES string of the molecule is Cc1noc(CN(C)CC(C)c2ccccc2)n1. The molecule has 0 amide bonds. The number of nitrogens with zero attached hydrogens (tertiary/aromatic N) is 3. The van der Waals surface area contributed by atoms with Gasteiger partial charge in [-0.15, -0.1) is 0 Å². The molecular formula is C14H19N3O. The average Bonchev–Trinajstić information content (AvgIpc) is 2.75. The summed E-state index contributed by atoms with van der Waals surface area (Å²) in [6.07, 6.45) is 0. The van der Waals surface area contributed by atoms with Crippen LogP contribution in [-0.2, 0) is 6.54 Å². The average molecular weight is 245 g/mol. The quantitative estimate of drug-likeness (QED) is 0.812. The van der Waals surface area contributed by atoms with E-state index in [0.29, 0.717) is 24.2 Å². The minimum atomic E-state index is 0.486. The topological polar surface area (TPSA) is 42.2 Å². The molecule has 0 bridgehead atoms. The summed E-state index contributed by atoms with van der Waals surface area (Å²) in [4.78, 5) is 6.41. The molecule has 0 fully saturated rings. The molecule has 96 valence electrons. The van der Waals surface area contributed by atoms with Gasteiger partial charge in [0, 0.05) is 6.54 Å². The van der Waals surface area contributed by atoms with E-state index in [2.05, 4.69) is 53.3 Å². The Kier molecular flexibility index (Phi) is 4.10. The van der Waals surface area contributed by atoms with Gasteiger partial charge in [0.25, 0.3) is 0 Å². The molecule has 0 aliphatic carbocycles. The Bertz CT molecular complexity index is 481. The minimum absolute atomic E-state index is 0.486. The molecule has 1 heterocycles. The summed E-state index contributed by atoms with van der Waals surface area (Å²) in [6, 6.07) is 10.5. The largest absolute Gasteiger partial charge is 0.338 e. The zero-order chi connectivity index (χ0) is 13.0. The van der Waals surface area contributed by atoms with Gasteiger partial charge in [-0.1, -0.05) is 42.4 Å². The zero-order valence-corrected chi connectivity index (χ0v) is 11.1. The van der Waals surface area contributed by atoms with Crippen LogP contribution in [0.1, 0.15) is 30.1 Å². The van der Waals surface area contributed by atoms with E-state index in [1.54, 1.807) is 0 Å². The lowest BCUT2D eigenvalue weighted by Gasteiger charge is -2.19. The lowest BCUT2D eigenvalue weighted by Crippen LogP contribution is -2.23. The molecule has 0 aliphatic rings. The summed E-state index contributed by atoms with van der Waals surface area (Å²) in [7, 11) is 2.07. The van der Waals surface area contributed by atoms with Gasteiger partial charge in [0.05, 0.1) is 6.54 Å². The third-order valence-corrected chi connectivity index (χ3v) is 2.93. The van der Waals surface area contributed by atoms with E-state index in [4.69, 9.17) is 4.52 Å². The van der Waals surface area contributed by atoms with Crippen LogP contribution in [0.5, 0.6) is 0 Å². The second kappa shape index (κ2) is 5.78. The van der Waals surface area contributed by atoms with Crippen LogP contribution in [0.2, 0.25) is 0 Å². The second-order valence-corrected chi connectivity index (χ2v) is 4.74. The van der Waals surface area contributed by atoms with Gasteiger partial charge in [-0.2, -0.15) is 4.98 Å². The number of hydrogen-bond acceptors (Lipinski definition) is 4. The van der Waals surface area contributed by atoms with Crippen molar-refractivity contribution in [3.05, 3.63) is 47.6 Å². The lowest BCUT2D eigenvalue weighted by molar-refractivity contribution is 0.257. The van der Waals surface area contributed by atoms with Crippen molar-refractivity contribution >= 4 is 0 Å². The molecule has 4 nitrogen and oxygen atoms in total. The van der Waals surface area contributed by atoms with E-state index in [-0.39, 0.29) is 0 Å². The van der Waals surface area contributed by atoms with Crippen molar-refractivity contribution in [3.63, 3.8) is 0 Å². The predicted octanol–water partition coefficient (Wildman–Crippen LogP) is 2.61. The fourth-order valence-electron chi connectivity index (χ4n) is 2.05. The van der Waals surface area contributed by atoms with E-state index in [1.807, 2.05) is 13.0 Å². The summed E-state index contributed by atoms with van der Waals surface area (Å²) in [6.45, 7) is 5.72. The van der Waals surface area contributed by atoms with Gasteiger partial charge in [0.1, 0.15) is 0 Å². The molecule has 18 heavy (non-hydrogen) atoms. The van der Waals surface area contributed by atoms with Crippen molar-refractivity contribution in [2.45, 2.75) is 26.3 Å². The summed E-state index contributed by atoms with van der Waals surface area (Å²) >= 11 is 0. The van der Waals surface area contributed by atoms with Crippen molar-refractivity contribution in [3.8, 4) is 0 Å². The van der Waals surface area contributed by atoms with Crippen LogP contribution in [-0.4, -0.2) is 28.6 Å². The predicted molar refractivity (Wildman–Crippen MR) is 70.2 cm³/mol. The van der Waals surface area contributed by atoms with Crippen LogP contribution < -0.4 is 0 Å². The van der Waals surface area contributed by atoms with Gasteiger partial charge < -0.3 is 4.52 Å². The normalized spacial score (nSPS) is 12.9. The Labute approximate surface area is 108 Å². The number of benzene rings is 1. The molecule has 0 saturated heterocycles. The molecular weight excluding hydrogens is 226 g/mol. The van der Waals surface area contributed by atoms with E-state index >= 15 is 0 Å². The van der Waals surface area contributed by atoms with Gasteiger partial charge in [-0.05, 0) is 25.5 Å². The Balaban J connectivity index is 1.89. The van der Waals surface area contributed by atoms with Gasteiger partial charge in [0.15, 0.2) is 5.82 Å². The van der Waals surface area contributed by atoms with Gasteiger partial charge in [-0.25, -0.2) is 0 Å². The maximum atomic E-state index is 5.12. The number of aryl methyl sites for hydroxylation is 1. The number of hydrogen-bond donors (Lipinski definition) is 0. The van der Waals surface area contributed by atoms with Gasteiger partial charge in [-0.3, -0.25) is 4.90 Å². The van der Waals surface area contributed by atoms with Crippen molar-refractivity contribution in [1.29, 1.82) is 0 Å². The molecule has 2 aromatic rings. The molecule has 0 radical (unpaired) electrons. The van der Waals surface area contributed by atoms with Gasteiger partial charge in [0.2, 0.25) is 5.89 Å². The fraction of sp³-hybridized carbons (Fsp3) is 0.429. The molecule has 0 saturated carbocycles. The molecule has 1 unspecified atom stereocenters. The van der Waals surface area contributed by atoms with Crippen LogP contribution in [0.3, 0.4) is 0 Å². The molecule has 1 aromatic heterocycles. The van der Waals surface area contributed by atoms with Crippen LogP contribution in [0.4, 0.5) is 0 Å². The Morgan fingerprint density at radius 1 is 1.28 bits per heavy atom. The third-order valence-electron chi connectivity index (χ3n) is 2.93. The minimum Gasteiger partial charge on any atom is -0.338 e.